The van der Waals surface area contributed by atoms with E-state index in [1.54, 1.807) is 11.8 Å². The van der Waals surface area contributed by atoms with Crippen molar-refractivity contribution in [2.45, 2.75) is 51.4 Å². The summed E-state index contributed by atoms with van der Waals surface area (Å²) in [5.41, 5.74) is 0.202. The highest BCUT2D eigenvalue weighted by Crippen LogP contribution is 2.40. The Bertz CT molecular complexity index is 545. The summed E-state index contributed by atoms with van der Waals surface area (Å²) in [6, 6.07) is 8.07. The largest absolute Gasteiger partial charge is 0.367 e. The maximum Gasteiger partial charge on any atom is 0.257 e. The number of hydrogen-bond donors (Lipinski definition) is 1. The van der Waals surface area contributed by atoms with Crippen LogP contribution in [0.1, 0.15) is 49.5 Å². The van der Waals surface area contributed by atoms with Crippen molar-refractivity contribution < 1.29 is 9.90 Å². The van der Waals surface area contributed by atoms with Gasteiger partial charge < -0.3 is 14.9 Å². The van der Waals surface area contributed by atoms with Crippen LogP contribution in [0.4, 0.5) is 0 Å². The van der Waals surface area contributed by atoms with E-state index in [1.807, 2.05) is 24.3 Å². The van der Waals surface area contributed by atoms with Gasteiger partial charge in [0.1, 0.15) is 0 Å². The summed E-state index contributed by atoms with van der Waals surface area (Å²) >= 11 is 0. The number of benzene rings is 1. The second-order valence-electron chi connectivity index (χ2n) is 6.60. The van der Waals surface area contributed by atoms with Gasteiger partial charge in [0.25, 0.3) is 5.91 Å². The van der Waals surface area contributed by atoms with Crippen LogP contribution >= 0.6 is 0 Å². The SMILES string of the molecule is CC(C)N1CCC(N2C(=O)c3ccccc3C2(C)O)CC1. The molecular weight excluding hydrogens is 264 g/mol. The molecule has 0 radical (unpaired) electrons. The number of piperidine rings is 1. The monoisotopic (exact) mass is 288 g/mol. The third kappa shape index (κ3) is 2.27. The number of aliphatic hydroxyl groups is 1. The summed E-state index contributed by atoms with van der Waals surface area (Å²) in [6.45, 7) is 8.11. The summed E-state index contributed by atoms with van der Waals surface area (Å²) < 4.78 is 0. The fraction of sp³-hybridized carbons (Fsp3) is 0.588. The number of carbonyl (C=O) groups is 1. The van der Waals surface area contributed by atoms with Crippen LogP contribution in [0.2, 0.25) is 0 Å². The van der Waals surface area contributed by atoms with E-state index in [2.05, 4.69) is 18.7 Å². The lowest BCUT2D eigenvalue weighted by atomic mass is 9.98. The van der Waals surface area contributed by atoms with E-state index in [4.69, 9.17) is 0 Å². The van der Waals surface area contributed by atoms with Crippen molar-refractivity contribution >= 4 is 5.91 Å². The first-order chi connectivity index (χ1) is 9.93. The minimum Gasteiger partial charge on any atom is -0.367 e. The number of rotatable bonds is 2. The first kappa shape index (κ1) is 14.5. The number of fused-ring (bicyclic) bond motifs is 1. The van der Waals surface area contributed by atoms with Gasteiger partial charge in [-0.05, 0) is 39.7 Å². The Labute approximate surface area is 126 Å². The van der Waals surface area contributed by atoms with Crippen LogP contribution in [-0.2, 0) is 5.72 Å². The fourth-order valence-corrected chi connectivity index (χ4v) is 3.72. The van der Waals surface area contributed by atoms with Gasteiger partial charge in [0.05, 0.1) is 0 Å². The van der Waals surface area contributed by atoms with Crippen molar-refractivity contribution in [3.8, 4) is 0 Å². The Hall–Kier alpha value is -1.39. The molecule has 0 aromatic heterocycles. The molecule has 1 aromatic carbocycles. The van der Waals surface area contributed by atoms with Crippen LogP contribution in [0.3, 0.4) is 0 Å². The zero-order valence-electron chi connectivity index (χ0n) is 13.0. The molecule has 0 saturated carbocycles. The maximum absolute atomic E-state index is 12.7. The molecule has 114 valence electrons. The molecule has 1 unspecified atom stereocenters. The van der Waals surface area contributed by atoms with Crippen LogP contribution in [0.25, 0.3) is 0 Å². The molecule has 1 saturated heterocycles. The van der Waals surface area contributed by atoms with E-state index < -0.39 is 5.72 Å². The van der Waals surface area contributed by atoms with Crippen LogP contribution in [0, 0.1) is 0 Å². The highest BCUT2D eigenvalue weighted by molar-refractivity contribution is 5.99. The first-order valence-corrected chi connectivity index (χ1v) is 7.82. The van der Waals surface area contributed by atoms with Gasteiger partial charge in [-0.3, -0.25) is 4.79 Å². The quantitative estimate of drug-likeness (QED) is 0.907. The summed E-state index contributed by atoms with van der Waals surface area (Å²) in [5, 5.41) is 10.9. The zero-order chi connectivity index (χ0) is 15.2. The number of hydrogen-bond acceptors (Lipinski definition) is 3. The molecule has 0 bridgehead atoms. The minimum absolute atomic E-state index is 0.0291. The predicted octanol–water partition coefficient (Wildman–Crippen LogP) is 2.18. The molecule has 1 atom stereocenters. The number of amides is 1. The summed E-state index contributed by atoms with van der Waals surface area (Å²) in [4.78, 5) is 16.8. The van der Waals surface area contributed by atoms with Crippen LogP contribution in [0.15, 0.2) is 24.3 Å². The summed E-state index contributed by atoms with van der Waals surface area (Å²) in [5.74, 6) is -0.0291. The molecule has 2 heterocycles. The molecule has 1 aromatic rings. The Balaban J connectivity index is 1.83. The molecule has 1 N–H and O–H groups in total. The number of carbonyl (C=O) groups excluding carboxylic acids is 1. The van der Waals surface area contributed by atoms with Gasteiger partial charge in [0.15, 0.2) is 5.72 Å². The van der Waals surface area contributed by atoms with Crippen LogP contribution < -0.4 is 0 Å². The minimum atomic E-state index is -1.18. The molecule has 4 nitrogen and oxygen atoms in total. The zero-order valence-corrected chi connectivity index (χ0v) is 13.0. The first-order valence-electron chi connectivity index (χ1n) is 7.82. The highest BCUT2D eigenvalue weighted by Gasteiger charge is 2.48. The van der Waals surface area contributed by atoms with Gasteiger partial charge >= 0.3 is 0 Å². The van der Waals surface area contributed by atoms with Crippen molar-refractivity contribution in [1.29, 1.82) is 0 Å². The third-order valence-corrected chi connectivity index (χ3v) is 4.95. The van der Waals surface area contributed by atoms with E-state index in [0.29, 0.717) is 11.6 Å². The fourth-order valence-electron chi connectivity index (χ4n) is 3.72. The molecule has 0 aliphatic carbocycles. The van der Waals surface area contributed by atoms with Gasteiger partial charge in [-0.25, -0.2) is 0 Å². The van der Waals surface area contributed by atoms with Crippen LogP contribution in [0.5, 0.6) is 0 Å². The van der Waals surface area contributed by atoms with Gasteiger partial charge in [0, 0.05) is 36.3 Å². The normalized spacial score (nSPS) is 27.5. The Kier molecular flexibility index (Phi) is 3.54. The second-order valence-corrected chi connectivity index (χ2v) is 6.60. The molecule has 1 fully saturated rings. The predicted molar refractivity (Wildman–Crippen MR) is 81.9 cm³/mol. The Morgan fingerprint density at radius 1 is 1.24 bits per heavy atom. The smallest absolute Gasteiger partial charge is 0.257 e. The number of nitrogens with zero attached hydrogens (tertiary/aromatic N) is 2. The van der Waals surface area contributed by atoms with Crippen molar-refractivity contribution in [3.05, 3.63) is 35.4 Å². The number of likely N-dealkylation sites (tertiary alicyclic amines) is 1. The van der Waals surface area contributed by atoms with Gasteiger partial charge in [-0.2, -0.15) is 0 Å². The third-order valence-electron chi connectivity index (χ3n) is 4.95. The van der Waals surface area contributed by atoms with Gasteiger partial charge in [0.2, 0.25) is 0 Å². The second kappa shape index (κ2) is 5.11. The van der Waals surface area contributed by atoms with Gasteiger partial charge in [-0.15, -0.1) is 0 Å². The molecular formula is C17H24N2O2. The average Bonchev–Trinajstić information content (AvgIpc) is 2.67. The van der Waals surface area contributed by atoms with E-state index in [9.17, 15) is 9.90 Å². The van der Waals surface area contributed by atoms with Crippen molar-refractivity contribution in [2.75, 3.05) is 13.1 Å². The lowest BCUT2D eigenvalue weighted by molar-refractivity contribution is -0.0968. The van der Waals surface area contributed by atoms with E-state index in [0.717, 1.165) is 31.5 Å². The standard InChI is InChI=1S/C17H24N2O2/c1-12(2)18-10-8-13(9-11-18)19-16(20)14-6-4-5-7-15(14)17(19,3)21/h4-7,12-13,21H,8-11H2,1-3H3. The highest BCUT2D eigenvalue weighted by atomic mass is 16.3. The Morgan fingerprint density at radius 2 is 1.86 bits per heavy atom. The van der Waals surface area contributed by atoms with Crippen molar-refractivity contribution in [3.63, 3.8) is 0 Å². The lowest BCUT2D eigenvalue weighted by Gasteiger charge is -2.43. The Morgan fingerprint density at radius 3 is 2.43 bits per heavy atom. The molecule has 21 heavy (non-hydrogen) atoms. The van der Waals surface area contributed by atoms with E-state index in [1.165, 1.54) is 0 Å². The molecule has 1 amide bonds. The molecule has 2 aliphatic rings. The average molecular weight is 288 g/mol. The molecule has 2 aliphatic heterocycles. The van der Waals surface area contributed by atoms with E-state index >= 15 is 0 Å². The van der Waals surface area contributed by atoms with Crippen molar-refractivity contribution in [1.82, 2.24) is 9.80 Å². The summed E-state index contributed by atoms with van der Waals surface area (Å²) in [6.07, 6.45) is 1.85. The van der Waals surface area contributed by atoms with Crippen molar-refractivity contribution in [2.24, 2.45) is 0 Å². The van der Waals surface area contributed by atoms with Crippen LogP contribution in [-0.4, -0.2) is 46.0 Å². The molecule has 0 spiro atoms. The van der Waals surface area contributed by atoms with Gasteiger partial charge in [-0.1, -0.05) is 18.2 Å². The lowest BCUT2D eigenvalue weighted by Crippen LogP contribution is -2.53. The maximum atomic E-state index is 12.7. The van der Waals surface area contributed by atoms with E-state index in [-0.39, 0.29) is 11.9 Å². The molecule has 4 heteroatoms. The topological polar surface area (TPSA) is 43.8 Å². The summed E-state index contributed by atoms with van der Waals surface area (Å²) in [7, 11) is 0. The molecule has 3 rings (SSSR count).